The second kappa shape index (κ2) is 7.92. The molecule has 27 heavy (non-hydrogen) atoms. The molecule has 0 aromatic heterocycles. The molecular formula is C22H24O5. The van der Waals surface area contributed by atoms with Crippen LogP contribution < -0.4 is 4.74 Å². The van der Waals surface area contributed by atoms with Crippen LogP contribution in [0.5, 0.6) is 5.75 Å². The van der Waals surface area contributed by atoms with Gasteiger partial charge in [-0.15, -0.1) is 0 Å². The molecule has 0 unspecified atom stereocenters. The number of benzene rings is 2. The van der Waals surface area contributed by atoms with Gasteiger partial charge in [-0.05, 0) is 36.6 Å². The van der Waals surface area contributed by atoms with E-state index < -0.39 is 23.4 Å². The van der Waals surface area contributed by atoms with E-state index in [0.29, 0.717) is 11.3 Å². The molecule has 2 aromatic carbocycles. The minimum atomic E-state index is -1.31. The zero-order chi connectivity index (χ0) is 19.4. The number of rotatable bonds is 5. The Bertz CT molecular complexity index is 799. The van der Waals surface area contributed by atoms with Crippen LogP contribution in [0.2, 0.25) is 0 Å². The van der Waals surface area contributed by atoms with E-state index in [9.17, 15) is 14.7 Å². The van der Waals surface area contributed by atoms with Crippen molar-refractivity contribution in [1.82, 2.24) is 0 Å². The van der Waals surface area contributed by atoms with Gasteiger partial charge >= 0.3 is 5.97 Å². The molecule has 3 atom stereocenters. The summed E-state index contributed by atoms with van der Waals surface area (Å²) in [5.74, 6) is -1.53. The molecule has 2 aromatic rings. The highest BCUT2D eigenvalue weighted by molar-refractivity contribution is 6.01. The summed E-state index contributed by atoms with van der Waals surface area (Å²) >= 11 is 0. The van der Waals surface area contributed by atoms with E-state index in [0.717, 1.165) is 5.56 Å². The molecule has 0 heterocycles. The molecule has 1 aliphatic rings. The van der Waals surface area contributed by atoms with Crippen molar-refractivity contribution in [3.63, 3.8) is 0 Å². The van der Waals surface area contributed by atoms with Crippen LogP contribution in [-0.4, -0.2) is 30.6 Å². The van der Waals surface area contributed by atoms with Crippen LogP contribution in [0, 0.1) is 5.92 Å². The Morgan fingerprint density at radius 3 is 2.41 bits per heavy atom. The summed E-state index contributed by atoms with van der Waals surface area (Å²) in [6.07, 6.45) is 0.158. The van der Waals surface area contributed by atoms with Gasteiger partial charge in [0.2, 0.25) is 0 Å². The van der Waals surface area contributed by atoms with E-state index in [1.807, 2.05) is 42.5 Å². The molecular weight excluding hydrogens is 344 g/mol. The Balaban J connectivity index is 2.01. The van der Waals surface area contributed by atoms with Gasteiger partial charge in [-0.25, -0.2) is 0 Å². The molecule has 5 nitrogen and oxygen atoms in total. The first kappa shape index (κ1) is 19.1. The summed E-state index contributed by atoms with van der Waals surface area (Å²) in [4.78, 5) is 25.4. The van der Waals surface area contributed by atoms with Crippen molar-refractivity contribution >= 4 is 11.8 Å². The molecule has 0 aliphatic heterocycles. The molecule has 0 amide bonds. The fourth-order valence-corrected chi connectivity index (χ4v) is 3.83. The Labute approximate surface area is 158 Å². The molecule has 1 N–H and O–H groups in total. The fourth-order valence-electron chi connectivity index (χ4n) is 3.83. The second-order valence-electron chi connectivity index (χ2n) is 6.85. The molecule has 1 aliphatic carbocycles. The van der Waals surface area contributed by atoms with Crippen LogP contribution in [0.15, 0.2) is 54.6 Å². The highest BCUT2D eigenvalue weighted by atomic mass is 16.5. The average molecular weight is 368 g/mol. The zero-order valence-corrected chi connectivity index (χ0v) is 15.6. The number of carbonyl (C=O) groups excluding carboxylic acids is 2. The highest BCUT2D eigenvalue weighted by Crippen LogP contribution is 2.46. The number of methoxy groups -OCH3 is 1. The fraction of sp³-hybridized carbons (Fsp3) is 0.364. The predicted octanol–water partition coefficient (Wildman–Crippen LogP) is 3.21. The summed E-state index contributed by atoms with van der Waals surface area (Å²) in [6, 6.07) is 16.4. The highest BCUT2D eigenvalue weighted by Gasteiger charge is 2.49. The number of aliphatic hydroxyl groups is 1. The van der Waals surface area contributed by atoms with E-state index in [1.54, 1.807) is 26.2 Å². The molecule has 0 spiro atoms. The van der Waals surface area contributed by atoms with Crippen LogP contribution in [0.25, 0.3) is 0 Å². The maximum atomic E-state index is 12.9. The van der Waals surface area contributed by atoms with E-state index in [4.69, 9.17) is 9.47 Å². The minimum Gasteiger partial charge on any atom is -0.497 e. The van der Waals surface area contributed by atoms with Crippen molar-refractivity contribution < 1.29 is 24.2 Å². The van der Waals surface area contributed by atoms with E-state index >= 15 is 0 Å². The molecule has 0 bridgehead atoms. The quantitative estimate of drug-likeness (QED) is 0.648. The number of esters is 1. The normalized spacial score (nSPS) is 25.1. The minimum absolute atomic E-state index is 0.104. The van der Waals surface area contributed by atoms with Gasteiger partial charge < -0.3 is 14.6 Å². The molecule has 0 saturated heterocycles. The van der Waals surface area contributed by atoms with Gasteiger partial charge in [0, 0.05) is 12.3 Å². The smallest absolute Gasteiger partial charge is 0.317 e. The lowest BCUT2D eigenvalue weighted by Crippen LogP contribution is -2.45. The SMILES string of the molecule is CCOC(=O)[C@@H]1C(=O)C[C@](O)(c2ccccc2)C[C@H]1c1ccc(OC)cc1. The van der Waals surface area contributed by atoms with Gasteiger partial charge in [-0.2, -0.15) is 0 Å². The van der Waals surface area contributed by atoms with Gasteiger partial charge in [0.25, 0.3) is 0 Å². The first-order valence-corrected chi connectivity index (χ1v) is 9.09. The van der Waals surface area contributed by atoms with Crippen LogP contribution in [-0.2, 0) is 19.9 Å². The lowest BCUT2D eigenvalue weighted by atomic mass is 9.66. The van der Waals surface area contributed by atoms with Crippen molar-refractivity contribution in [2.24, 2.45) is 5.92 Å². The molecule has 1 saturated carbocycles. The van der Waals surface area contributed by atoms with Gasteiger partial charge in [0.15, 0.2) is 5.78 Å². The van der Waals surface area contributed by atoms with Crippen LogP contribution >= 0.6 is 0 Å². The monoisotopic (exact) mass is 368 g/mol. The predicted molar refractivity (Wildman–Crippen MR) is 100 cm³/mol. The Morgan fingerprint density at radius 2 is 1.81 bits per heavy atom. The van der Waals surface area contributed by atoms with Gasteiger partial charge in [0.05, 0.1) is 19.3 Å². The number of hydrogen-bond acceptors (Lipinski definition) is 5. The Hall–Kier alpha value is -2.66. The molecule has 0 radical (unpaired) electrons. The summed E-state index contributed by atoms with van der Waals surface area (Å²) in [7, 11) is 1.58. The van der Waals surface area contributed by atoms with Crippen molar-refractivity contribution in [2.75, 3.05) is 13.7 Å². The lowest BCUT2D eigenvalue weighted by Gasteiger charge is -2.40. The summed E-state index contributed by atoms with van der Waals surface area (Å²) < 4.78 is 10.3. The van der Waals surface area contributed by atoms with E-state index in [1.165, 1.54) is 0 Å². The van der Waals surface area contributed by atoms with Crippen molar-refractivity contribution in [2.45, 2.75) is 31.3 Å². The number of ketones is 1. The maximum absolute atomic E-state index is 12.9. The van der Waals surface area contributed by atoms with Crippen molar-refractivity contribution in [1.29, 1.82) is 0 Å². The largest absolute Gasteiger partial charge is 0.497 e. The number of ether oxygens (including phenoxy) is 2. The average Bonchev–Trinajstić information content (AvgIpc) is 2.68. The summed E-state index contributed by atoms with van der Waals surface area (Å²) in [5.41, 5.74) is 0.168. The third-order valence-corrected chi connectivity index (χ3v) is 5.17. The van der Waals surface area contributed by atoms with E-state index in [-0.39, 0.29) is 25.2 Å². The van der Waals surface area contributed by atoms with Crippen LogP contribution in [0.1, 0.15) is 36.8 Å². The third-order valence-electron chi connectivity index (χ3n) is 5.17. The molecule has 5 heteroatoms. The lowest BCUT2D eigenvalue weighted by molar-refractivity contribution is -0.158. The zero-order valence-electron chi connectivity index (χ0n) is 15.6. The van der Waals surface area contributed by atoms with Crippen LogP contribution in [0.4, 0.5) is 0 Å². The first-order valence-electron chi connectivity index (χ1n) is 9.09. The Kier molecular flexibility index (Phi) is 5.61. The van der Waals surface area contributed by atoms with Gasteiger partial charge in [0.1, 0.15) is 11.7 Å². The summed E-state index contributed by atoms with van der Waals surface area (Å²) in [6.45, 7) is 1.93. The summed E-state index contributed by atoms with van der Waals surface area (Å²) in [5, 5.41) is 11.3. The topological polar surface area (TPSA) is 72.8 Å². The standard InChI is InChI=1S/C22H24O5/c1-3-27-21(24)20-18(15-9-11-17(26-2)12-10-15)13-22(25,14-19(20)23)16-7-5-4-6-8-16/h4-12,18,20,25H,3,13-14H2,1-2H3/t18-,20-,22-/m0/s1. The number of hydrogen-bond donors (Lipinski definition) is 1. The third kappa shape index (κ3) is 3.88. The first-order chi connectivity index (χ1) is 13.0. The van der Waals surface area contributed by atoms with Crippen molar-refractivity contribution in [3.8, 4) is 5.75 Å². The second-order valence-corrected chi connectivity index (χ2v) is 6.85. The Morgan fingerprint density at radius 1 is 1.15 bits per heavy atom. The number of Topliss-reactive ketones (excluding diaryl/α,β-unsaturated/α-hetero) is 1. The maximum Gasteiger partial charge on any atom is 0.317 e. The van der Waals surface area contributed by atoms with Gasteiger partial charge in [-0.1, -0.05) is 42.5 Å². The molecule has 3 rings (SSSR count). The van der Waals surface area contributed by atoms with Crippen molar-refractivity contribution in [3.05, 3.63) is 65.7 Å². The van der Waals surface area contributed by atoms with Gasteiger partial charge in [-0.3, -0.25) is 9.59 Å². The molecule has 1 fully saturated rings. The van der Waals surface area contributed by atoms with E-state index in [2.05, 4.69) is 0 Å². The molecule has 142 valence electrons. The number of carbonyl (C=O) groups is 2. The van der Waals surface area contributed by atoms with Crippen LogP contribution in [0.3, 0.4) is 0 Å².